The summed E-state index contributed by atoms with van der Waals surface area (Å²) in [6, 6.07) is 20.8. The van der Waals surface area contributed by atoms with Crippen LogP contribution in [0.3, 0.4) is 0 Å². The van der Waals surface area contributed by atoms with Crippen LogP contribution in [0.15, 0.2) is 72.8 Å². The number of nitrogens with zero attached hydrogens (tertiary/aromatic N) is 1. The number of amides is 2. The monoisotopic (exact) mass is 467 g/mol. The van der Waals surface area contributed by atoms with Gasteiger partial charge in [-0.1, -0.05) is 60.7 Å². The number of benzene rings is 3. The molecule has 0 radical (unpaired) electrons. The van der Waals surface area contributed by atoms with E-state index in [-0.39, 0.29) is 12.1 Å². The maximum atomic E-state index is 13.1. The molecule has 0 saturated carbocycles. The van der Waals surface area contributed by atoms with Gasteiger partial charge in [0.1, 0.15) is 0 Å². The fourth-order valence-corrected chi connectivity index (χ4v) is 4.43. The summed E-state index contributed by atoms with van der Waals surface area (Å²) < 4.78 is 38.8. The first-order valence-corrected chi connectivity index (χ1v) is 11.4. The minimum absolute atomic E-state index is 0.0963. The van der Waals surface area contributed by atoms with Crippen LogP contribution in [0.2, 0.25) is 0 Å². The van der Waals surface area contributed by atoms with Gasteiger partial charge in [0.15, 0.2) is 0 Å². The second-order valence-corrected chi connectivity index (χ2v) is 8.49. The van der Waals surface area contributed by atoms with Gasteiger partial charge in [-0.3, -0.25) is 0 Å². The lowest BCUT2D eigenvalue weighted by atomic mass is 9.90. The van der Waals surface area contributed by atoms with Crippen LogP contribution < -0.4 is 10.6 Å². The van der Waals surface area contributed by atoms with Crippen molar-refractivity contribution in [1.29, 1.82) is 0 Å². The third-order valence-electron chi connectivity index (χ3n) is 6.26. The molecule has 0 unspecified atom stereocenters. The normalized spacial score (nSPS) is 14.4. The fraction of sp³-hybridized carbons (Fsp3) is 0.296. The van der Waals surface area contributed by atoms with Crippen LogP contribution in [-0.4, -0.2) is 31.1 Å². The van der Waals surface area contributed by atoms with Crippen molar-refractivity contribution < 1.29 is 18.0 Å². The second-order valence-electron chi connectivity index (χ2n) is 8.49. The first-order valence-electron chi connectivity index (χ1n) is 11.4. The number of carbonyl (C=O) groups is 1. The lowest BCUT2D eigenvalue weighted by molar-refractivity contribution is -0.137. The molecule has 7 heteroatoms. The van der Waals surface area contributed by atoms with Crippen LogP contribution in [-0.2, 0) is 19.1 Å². The molecule has 0 fully saturated rings. The highest BCUT2D eigenvalue weighted by Crippen LogP contribution is 2.34. The van der Waals surface area contributed by atoms with Gasteiger partial charge in [0.05, 0.1) is 11.6 Å². The number of urea groups is 1. The number of rotatable bonds is 6. The van der Waals surface area contributed by atoms with Crippen LogP contribution in [0.1, 0.15) is 34.7 Å². The molecule has 0 bridgehead atoms. The first kappa shape index (κ1) is 23.8. The van der Waals surface area contributed by atoms with Gasteiger partial charge < -0.3 is 15.5 Å². The Bertz CT molecular complexity index is 1110. The van der Waals surface area contributed by atoms with E-state index in [1.54, 1.807) is 4.90 Å². The van der Waals surface area contributed by atoms with Crippen molar-refractivity contribution in [2.45, 2.75) is 31.6 Å². The smallest absolute Gasteiger partial charge is 0.331 e. The first-order chi connectivity index (χ1) is 16.4. The van der Waals surface area contributed by atoms with Crippen molar-refractivity contribution in [2.24, 2.45) is 0 Å². The fourth-order valence-electron chi connectivity index (χ4n) is 4.43. The summed E-state index contributed by atoms with van der Waals surface area (Å²) in [7, 11) is 1.89. The Labute approximate surface area is 197 Å². The molecule has 178 valence electrons. The number of carbonyl (C=O) groups excluding carboxylic acids is 1. The van der Waals surface area contributed by atoms with Gasteiger partial charge in [-0.25, -0.2) is 4.79 Å². The number of alkyl halides is 3. The Morgan fingerprint density at radius 3 is 2.41 bits per heavy atom. The summed E-state index contributed by atoms with van der Waals surface area (Å²) in [5.74, 6) is 0. The van der Waals surface area contributed by atoms with E-state index in [1.807, 2.05) is 55.6 Å². The molecule has 2 amide bonds. The summed E-state index contributed by atoms with van der Waals surface area (Å²) in [6.45, 7) is 1.78. The average Bonchev–Trinajstić information content (AvgIpc) is 2.85. The van der Waals surface area contributed by atoms with E-state index >= 15 is 0 Å². The van der Waals surface area contributed by atoms with Gasteiger partial charge in [0.25, 0.3) is 0 Å². The molecule has 1 aliphatic rings. The SMILES string of the molecule is CNCC[C@H](NC(=O)N1CCc2c(cccc2-c2ccc(C(F)(F)F)cc2)C1)c1ccccc1. The van der Waals surface area contributed by atoms with E-state index < -0.39 is 11.7 Å². The lowest BCUT2D eigenvalue weighted by Crippen LogP contribution is -2.44. The third-order valence-corrected chi connectivity index (χ3v) is 6.26. The van der Waals surface area contributed by atoms with Crippen LogP contribution in [0, 0.1) is 0 Å². The van der Waals surface area contributed by atoms with Gasteiger partial charge in [0, 0.05) is 13.1 Å². The number of nitrogens with one attached hydrogen (secondary N) is 2. The highest BCUT2D eigenvalue weighted by Gasteiger charge is 2.30. The van der Waals surface area contributed by atoms with Crippen LogP contribution in [0.5, 0.6) is 0 Å². The molecular weight excluding hydrogens is 439 g/mol. The van der Waals surface area contributed by atoms with Crippen molar-refractivity contribution in [2.75, 3.05) is 20.1 Å². The molecule has 2 N–H and O–H groups in total. The molecule has 0 saturated heterocycles. The molecule has 0 spiro atoms. The van der Waals surface area contributed by atoms with Crippen molar-refractivity contribution in [3.05, 3.63) is 95.1 Å². The highest BCUT2D eigenvalue weighted by molar-refractivity contribution is 5.76. The lowest BCUT2D eigenvalue weighted by Gasteiger charge is -2.32. The molecule has 1 aliphatic heterocycles. The van der Waals surface area contributed by atoms with Crippen molar-refractivity contribution in [1.82, 2.24) is 15.5 Å². The van der Waals surface area contributed by atoms with Crippen molar-refractivity contribution in [3.63, 3.8) is 0 Å². The molecule has 4 rings (SSSR count). The molecule has 3 aromatic rings. The molecule has 4 nitrogen and oxygen atoms in total. The zero-order valence-corrected chi connectivity index (χ0v) is 19.0. The zero-order chi connectivity index (χ0) is 24.1. The Morgan fingerprint density at radius 1 is 1.00 bits per heavy atom. The molecule has 3 aromatic carbocycles. The minimum atomic E-state index is -4.35. The predicted molar refractivity (Wildman–Crippen MR) is 127 cm³/mol. The Morgan fingerprint density at radius 2 is 1.74 bits per heavy atom. The van der Waals surface area contributed by atoms with Gasteiger partial charge in [-0.2, -0.15) is 13.2 Å². The van der Waals surface area contributed by atoms with E-state index in [9.17, 15) is 18.0 Å². The summed E-state index contributed by atoms with van der Waals surface area (Å²) in [5, 5.41) is 6.32. The van der Waals surface area contributed by atoms with Gasteiger partial charge >= 0.3 is 12.2 Å². The van der Waals surface area contributed by atoms with Crippen LogP contribution in [0.25, 0.3) is 11.1 Å². The van der Waals surface area contributed by atoms with E-state index in [4.69, 9.17) is 0 Å². The van der Waals surface area contributed by atoms with Gasteiger partial charge in [0.2, 0.25) is 0 Å². The molecule has 34 heavy (non-hydrogen) atoms. The van der Waals surface area contributed by atoms with Crippen molar-refractivity contribution >= 4 is 6.03 Å². The molecule has 1 heterocycles. The standard InChI is InChI=1S/C27H28F3N3O/c1-31-16-14-25(20-6-3-2-4-7-20)32-26(34)33-17-15-24-21(18-33)8-5-9-23(24)19-10-12-22(13-11-19)27(28,29)30/h2-13,25,31H,14-18H2,1H3,(H,32,34)/t25-/m0/s1. The maximum Gasteiger partial charge on any atom is 0.416 e. The number of hydrogen-bond donors (Lipinski definition) is 2. The second kappa shape index (κ2) is 10.3. The molecular formula is C27H28F3N3O. The number of hydrogen-bond acceptors (Lipinski definition) is 2. The Kier molecular flexibility index (Phi) is 7.22. The Balaban J connectivity index is 1.50. The number of halogens is 3. The largest absolute Gasteiger partial charge is 0.416 e. The van der Waals surface area contributed by atoms with E-state index in [0.717, 1.165) is 52.9 Å². The van der Waals surface area contributed by atoms with Crippen LogP contribution in [0.4, 0.5) is 18.0 Å². The molecule has 1 atom stereocenters. The van der Waals surface area contributed by atoms with Gasteiger partial charge in [-0.05, 0) is 66.4 Å². The summed E-state index contributed by atoms with van der Waals surface area (Å²) in [6.07, 6.45) is -2.94. The molecule has 0 aliphatic carbocycles. The topological polar surface area (TPSA) is 44.4 Å². The Hall–Kier alpha value is -3.32. The van der Waals surface area contributed by atoms with E-state index in [1.165, 1.54) is 12.1 Å². The van der Waals surface area contributed by atoms with E-state index in [0.29, 0.717) is 19.5 Å². The maximum absolute atomic E-state index is 13.1. The minimum Gasteiger partial charge on any atom is -0.331 e. The number of fused-ring (bicyclic) bond motifs is 1. The average molecular weight is 468 g/mol. The summed E-state index contributed by atoms with van der Waals surface area (Å²) in [5.41, 5.74) is 4.18. The summed E-state index contributed by atoms with van der Waals surface area (Å²) in [4.78, 5) is 14.9. The third kappa shape index (κ3) is 5.42. The molecule has 0 aromatic heterocycles. The zero-order valence-electron chi connectivity index (χ0n) is 19.0. The quantitative estimate of drug-likeness (QED) is 0.482. The predicted octanol–water partition coefficient (Wildman–Crippen LogP) is 5.79. The van der Waals surface area contributed by atoms with Gasteiger partial charge in [-0.15, -0.1) is 0 Å². The van der Waals surface area contributed by atoms with Crippen molar-refractivity contribution in [3.8, 4) is 11.1 Å². The summed E-state index contributed by atoms with van der Waals surface area (Å²) >= 11 is 0. The highest BCUT2D eigenvalue weighted by atomic mass is 19.4. The van der Waals surface area contributed by atoms with Crippen LogP contribution >= 0.6 is 0 Å². The van der Waals surface area contributed by atoms with E-state index in [2.05, 4.69) is 10.6 Å².